The summed E-state index contributed by atoms with van der Waals surface area (Å²) in [5.41, 5.74) is 1.43. The van der Waals surface area contributed by atoms with Gasteiger partial charge in [0.2, 0.25) is 0 Å². The van der Waals surface area contributed by atoms with Gasteiger partial charge in [0.25, 0.3) is 0 Å². The summed E-state index contributed by atoms with van der Waals surface area (Å²) in [7, 11) is 0. The highest BCUT2D eigenvalue weighted by atomic mass is 16.4. The van der Waals surface area contributed by atoms with E-state index >= 15 is 0 Å². The predicted molar refractivity (Wildman–Crippen MR) is 67.4 cm³/mol. The molecule has 1 heterocycles. The Bertz CT molecular complexity index is 582. The van der Waals surface area contributed by atoms with Crippen LogP contribution in [0.25, 0.3) is 10.8 Å². The molecule has 0 spiro atoms. The van der Waals surface area contributed by atoms with Crippen LogP contribution in [0.4, 0.5) is 0 Å². The summed E-state index contributed by atoms with van der Waals surface area (Å²) in [4.78, 5) is 15.1. The molecule has 1 N–H and O–H groups in total. The molecule has 0 saturated carbocycles. The molecule has 17 heavy (non-hydrogen) atoms. The van der Waals surface area contributed by atoms with Gasteiger partial charge in [0.05, 0.1) is 5.56 Å². The van der Waals surface area contributed by atoms with E-state index in [9.17, 15) is 4.79 Å². The molecule has 0 saturated heterocycles. The highest BCUT2D eigenvalue weighted by molar-refractivity contribution is 5.95. The van der Waals surface area contributed by atoms with Gasteiger partial charge >= 0.3 is 5.97 Å². The lowest BCUT2D eigenvalue weighted by Crippen LogP contribution is -2.12. The lowest BCUT2D eigenvalue weighted by Gasteiger charge is -2.20. The molecule has 0 aliphatic rings. The van der Waals surface area contributed by atoms with E-state index in [0.29, 0.717) is 5.56 Å². The van der Waals surface area contributed by atoms with Crippen LogP contribution in [0.5, 0.6) is 0 Å². The number of hydrogen-bond acceptors (Lipinski definition) is 2. The smallest absolute Gasteiger partial charge is 0.335 e. The standard InChI is InChI=1S/C14H15NO2/c1-14(2,3)12-8-15-7-10-6-9(13(16)17)4-5-11(10)12/h4-8H,1-3H3,(H,16,17). The van der Waals surface area contributed by atoms with Crippen LogP contribution >= 0.6 is 0 Å². The Morgan fingerprint density at radius 1 is 1.24 bits per heavy atom. The van der Waals surface area contributed by atoms with E-state index in [2.05, 4.69) is 25.8 Å². The molecule has 0 bridgehead atoms. The van der Waals surface area contributed by atoms with Crippen molar-refractivity contribution in [1.29, 1.82) is 0 Å². The molecule has 0 unspecified atom stereocenters. The second-order valence-corrected chi connectivity index (χ2v) is 5.18. The van der Waals surface area contributed by atoms with Gasteiger partial charge in [-0.1, -0.05) is 26.8 Å². The summed E-state index contributed by atoms with van der Waals surface area (Å²) < 4.78 is 0. The average Bonchev–Trinajstić information content (AvgIpc) is 2.26. The second-order valence-electron chi connectivity index (χ2n) is 5.18. The molecule has 3 nitrogen and oxygen atoms in total. The molecular weight excluding hydrogens is 214 g/mol. The molecule has 1 aromatic heterocycles. The first kappa shape index (κ1) is 11.6. The van der Waals surface area contributed by atoms with Gasteiger partial charge in [-0.3, -0.25) is 4.98 Å². The molecule has 0 fully saturated rings. The van der Waals surface area contributed by atoms with Crippen LogP contribution in [-0.4, -0.2) is 16.1 Å². The Kier molecular flexibility index (Phi) is 2.62. The fourth-order valence-electron chi connectivity index (χ4n) is 1.91. The van der Waals surface area contributed by atoms with Crippen molar-refractivity contribution in [2.75, 3.05) is 0 Å². The Morgan fingerprint density at radius 2 is 1.94 bits per heavy atom. The molecule has 0 radical (unpaired) electrons. The van der Waals surface area contributed by atoms with Crippen molar-refractivity contribution >= 4 is 16.7 Å². The number of fused-ring (bicyclic) bond motifs is 1. The first-order valence-electron chi connectivity index (χ1n) is 5.51. The summed E-state index contributed by atoms with van der Waals surface area (Å²) in [5, 5.41) is 10.9. The second kappa shape index (κ2) is 3.84. The van der Waals surface area contributed by atoms with Crippen molar-refractivity contribution in [3.8, 4) is 0 Å². The average molecular weight is 229 g/mol. The third-order valence-corrected chi connectivity index (χ3v) is 2.81. The van der Waals surface area contributed by atoms with Crippen molar-refractivity contribution in [2.24, 2.45) is 0 Å². The highest BCUT2D eigenvalue weighted by Gasteiger charge is 2.17. The summed E-state index contributed by atoms with van der Waals surface area (Å²) in [6.45, 7) is 6.36. The number of carbonyl (C=O) groups is 1. The number of benzene rings is 1. The fraction of sp³-hybridized carbons (Fsp3) is 0.286. The van der Waals surface area contributed by atoms with Crippen LogP contribution in [0.2, 0.25) is 0 Å². The summed E-state index contributed by atoms with van der Waals surface area (Å²) in [5.74, 6) is -0.909. The largest absolute Gasteiger partial charge is 0.478 e. The van der Waals surface area contributed by atoms with Crippen molar-refractivity contribution in [3.63, 3.8) is 0 Å². The Morgan fingerprint density at radius 3 is 2.53 bits per heavy atom. The molecule has 2 aromatic rings. The molecule has 0 atom stereocenters. The first-order chi connectivity index (χ1) is 7.89. The zero-order valence-corrected chi connectivity index (χ0v) is 10.2. The van der Waals surface area contributed by atoms with Gasteiger partial charge in [0.15, 0.2) is 0 Å². The molecule has 1 aromatic carbocycles. The van der Waals surface area contributed by atoms with E-state index in [1.54, 1.807) is 18.3 Å². The molecule has 0 aliphatic carbocycles. The maximum atomic E-state index is 10.9. The predicted octanol–water partition coefficient (Wildman–Crippen LogP) is 3.23. The summed E-state index contributed by atoms with van der Waals surface area (Å²) >= 11 is 0. The number of nitrogens with zero attached hydrogens (tertiary/aromatic N) is 1. The third-order valence-electron chi connectivity index (χ3n) is 2.81. The van der Waals surface area contributed by atoms with Gasteiger partial charge in [-0.05, 0) is 28.5 Å². The molecule has 0 aliphatic heterocycles. The van der Waals surface area contributed by atoms with Gasteiger partial charge in [-0.2, -0.15) is 0 Å². The van der Waals surface area contributed by atoms with E-state index < -0.39 is 5.97 Å². The summed E-state index contributed by atoms with van der Waals surface area (Å²) in [6, 6.07) is 5.17. The molecule has 3 heteroatoms. The zero-order chi connectivity index (χ0) is 12.6. The maximum Gasteiger partial charge on any atom is 0.335 e. The fourth-order valence-corrected chi connectivity index (χ4v) is 1.91. The van der Waals surface area contributed by atoms with Crippen molar-refractivity contribution in [2.45, 2.75) is 26.2 Å². The topological polar surface area (TPSA) is 50.2 Å². The normalized spacial score (nSPS) is 11.7. The lowest BCUT2D eigenvalue weighted by atomic mass is 9.85. The van der Waals surface area contributed by atoms with Gasteiger partial charge in [-0.25, -0.2) is 4.79 Å². The highest BCUT2D eigenvalue weighted by Crippen LogP contribution is 2.29. The van der Waals surface area contributed by atoms with Crippen LogP contribution in [0, 0.1) is 0 Å². The first-order valence-corrected chi connectivity index (χ1v) is 5.51. The zero-order valence-electron chi connectivity index (χ0n) is 10.2. The van der Waals surface area contributed by atoms with E-state index in [4.69, 9.17) is 5.11 Å². The number of pyridine rings is 1. The number of carboxylic acids is 1. The van der Waals surface area contributed by atoms with Gasteiger partial charge in [0, 0.05) is 17.8 Å². The van der Waals surface area contributed by atoms with Gasteiger partial charge in [0.1, 0.15) is 0 Å². The third kappa shape index (κ3) is 2.13. The Balaban J connectivity index is 2.72. The maximum absolute atomic E-state index is 10.9. The van der Waals surface area contributed by atoms with Crippen LogP contribution in [0.15, 0.2) is 30.6 Å². The Labute approximate surface area is 100 Å². The molecule has 88 valence electrons. The molecule has 0 amide bonds. The molecule has 2 rings (SSSR count). The van der Waals surface area contributed by atoms with Crippen LogP contribution in [0.3, 0.4) is 0 Å². The van der Waals surface area contributed by atoms with Crippen molar-refractivity contribution in [3.05, 3.63) is 41.7 Å². The minimum Gasteiger partial charge on any atom is -0.478 e. The number of carboxylic acid groups (broad SMARTS) is 1. The quantitative estimate of drug-likeness (QED) is 0.816. The number of rotatable bonds is 1. The summed E-state index contributed by atoms with van der Waals surface area (Å²) in [6.07, 6.45) is 3.56. The monoisotopic (exact) mass is 229 g/mol. The van der Waals surface area contributed by atoms with Gasteiger partial charge < -0.3 is 5.11 Å². The van der Waals surface area contributed by atoms with Crippen LogP contribution in [-0.2, 0) is 5.41 Å². The van der Waals surface area contributed by atoms with Gasteiger partial charge in [-0.15, -0.1) is 0 Å². The number of aromatic nitrogens is 1. The SMILES string of the molecule is CC(C)(C)c1cncc2cc(C(=O)O)ccc12. The lowest BCUT2D eigenvalue weighted by molar-refractivity contribution is 0.0697. The van der Waals surface area contributed by atoms with Crippen LogP contribution < -0.4 is 0 Å². The van der Waals surface area contributed by atoms with E-state index in [1.165, 1.54) is 0 Å². The van der Waals surface area contributed by atoms with Crippen molar-refractivity contribution in [1.82, 2.24) is 4.98 Å². The van der Waals surface area contributed by atoms with E-state index in [1.807, 2.05) is 12.3 Å². The molecular formula is C14H15NO2. The van der Waals surface area contributed by atoms with Crippen molar-refractivity contribution < 1.29 is 9.90 Å². The minimum absolute atomic E-state index is 0.00273. The van der Waals surface area contributed by atoms with E-state index in [0.717, 1.165) is 16.3 Å². The van der Waals surface area contributed by atoms with Crippen LogP contribution in [0.1, 0.15) is 36.7 Å². The van der Waals surface area contributed by atoms with E-state index in [-0.39, 0.29) is 5.41 Å². The number of aromatic carboxylic acids is 1. The minimum atomic E-state index is -0.909. The Hall–Kier alpha value is -1.90. The number of hydrogen-bond donors (Lipinski definition) is 1.